The molecule has 0 unspecified atom stereocenters. The minimum absolute atomic E-state index is 0.273. The number of fused-ring (bicyclic) bond motifs is 2. The number of hydrogen-bond donors (Lipinski definition) is 0. The van der Waals surface area contributed by atoms with Crippen LogP contribution in [-0.2, 0) is 6.42 Å². The molecular weight excluding hydrogens is 300 g/mol. The fraction of sp³-hybridized carbons (Fsp3) is 0.150. The highest BCUT2D eigenvalue weighted by Gasteiger charge is 2.37. The molecule has 4 rings (SSSR count). The van der Waals surface area contributed by atoms with Gasteiger partial charge in [-0.25, -0.2) is 4.90 Å². The van der Waals surface area contributed by atoms with Gasteiger partial charge in [-0.3, -0.25) is 14.6 Å². The Morgan fingerprint density at radius 3 is 2.21 bits per heavy atom. The van der Waals surface area contributed by atoms with Crippen molar-refractivity contribution in [3.8, 4) is 0 Å². The van der Waals surface area contributed by atoms with Gasteiger partial charge in [0.05, 0.1) is 28.0 Å². The van der Waals surface area contributed by atoms with Crippen molar-refractivity contribution < 1.29 is 9.59 Å². The van der Waals surface area contributed by atoms with E-state index in [1.54, 1.807) is 24.3 Å². The summed E-state index contributed by atoms with van der Waals surface area (Å²) in [5.74, 6) is -0.546. The molecule has 2 heterocycles. The Bertz CT molecular complexity index is 943. The molecule has 118 valence electrons. The number of pyridine rings is 1. The zero-order valence-electron chi connectivity index (χ0n) is 13.3. The summed E-state index contributed by atoms with van der Waals surface area (Å²) < 4.78 is 0. The summed E-state index contributed by atoms with van der Waals surface area (Å²) in [6.45, 7) is 2.06. The summed E-state index contributed by atoms with van der Waals surface area (Å²) in [5, 5.41) is 0.920. The number of anilines is 1. The number of imide groups is 1. The van der Waals surface area contributed by atoms with Crippen LogP contribution in [0.4, 0.5) is 5.69 Å². The van der Waals surface area contributed by atoms with Crippen molar-refractivity contribution in [2.75, 3.05) is 4.90 Å². The van der Waals surface area contributed by atoms with E-state index in [4.69, 9.17) is 4.98 Å². The fourth-order valence-electron chi connectivity index (χ4n) is 3.17. The third-order valence-electron chi connectivity index (χ3n) is 4.30. The predicted octanol–water partition coefficient (Wildman–Crippen LogP) is 3.99. The van der Waals surface area contributed by atoms with Gasteiger partial charge in [-0.1, -0.05) is 43.7 Å². The lowest BCUT2D eigenvalue weighted by atomic mass is 10.1. The van der Waals surface area contributed by atoms with Gasteiger partial charge < -0.3 is 0 Å². The van der Waals surface area contributed by atoms with Crippen LogP contribution in [0, 0.1) is 0 Å². The van der Waals surface area contributed by atoms with E-state index in [0.717, 1.165) is 23.0 Å². The monoisotopic (exact) mass is 316 g/mol. The van der Waals surface area contributed by atoms with E-state index in [0.29, 0.717) is 23.2 Å². The van der Waals surface area contributed by atoms with E-state index in [2.05, 4.69) is 6.92 Å². The molecule has 0 saturated carbocycles. The number of carbonyl (C=O) groups excluding carboxylic acids is 2. The number of para-hydroxylation sites is 1. The summed E-state index contributed by atoms with van der Waals surface area (Å²) in [5.41, 5.74) is 3.17. The van der Waals surface area contributed by atoms with E-state index in [1.807, 2.05) is 30.3 Å². The Morgan fingerprint density at radius 1 is 0.917 bits per heavy atom. The van der Waals surface area contributed by atoms with Crippen LogP contribution < -0.4 is 4.90 Å². The summed E-state index contributed by atoms with van der Waals surface area (Å²) in [6, 6.07) is 16.6. The molecule has 1 aliphatic rings. The Balaban J connectivity index is 1.91. The number of hydrogen-bond acceptors (Lipinski definition) is 3. The molecule has 1 aromatic heterocycles. The van der Waals surface area contributed by atoms with E-state index >= 15 is 0 Å². The summed E-state index contributed by atoms with van der Waals surface area (Å²) >= 11 is 0. The largest absolute Gasteiger partial charge is 0.268 e. The first-order valence-electron chi connectivity index (χ1n) is 8.07. The first-order chi connectivity index (χ1) is 11.7. The zero-order valence-corrected chi connectivity index (χ0v) is 13.3. The molecule has 2 aromatic carbocycles. The minimum atomic E-state index is -0.273. The van der Waals surface area contributed by atoms with Crippen LogP contribution in [0.5, 0.6) is 0 Å². The molecule has 2 amide bonds. The van der Waals surface area contributed by atoms with Crippen molar-refractivity contribution in [2.45, 2.75) is 19.8 Å². The van der Waals surface area contributed by atoms with Crippen LogP contribution in [0.1, 0.15) is 39.8 Å². The van der Waals surface area contributed by atoms with Crippen LogP contribution in [0.2, 0.25) is 0 Å². The van der Waals surface area contributed by atoms with Gasteiger partial charge in [-0.05, 0) is 30.7 Å². The first-order valence-corrected chi connectivity index (χ1v) is 8.07. The van der Waals surface area contributed by atoms with Crippen LogP contribution in [0.3, 0.4) is 0 Å². The van der Waals surface area contributed by atoms with Gasteiger partial charge in [0, 0.05) is 5.39 Å². The summed E-state index contributed by atoms with van der Waals surface area (Å²) in [4.78, 5) is 31.5. The molecule has 24 heavy (non-hydrogen) atoms. The quantitative estimate of drug-likeness (QED) is 0.687. The van der Waals surface area contributed by atoms with Crippen LogP contribution in [-0.4, -0.2) is 16.8 Å². The second-order valence-electron chi connectivity index (χ2n) is 5.89. The molecule has 3 aromatic rings. The molecule has 0 aliphatic carbocycles. The van der Waals surface area contributed by atoms with E-state index in [-0.39, 0.29) is 11.8 Å². The lowest BCUT2D eigenvalue weighted by Gasteiger charge is -2.18. The van der Waals surface area contributed by atoms with E-state index < -0.39 is 0 Å². The number of aryl methyl sites for hydroxylation is 1. The van der Waals surface area contributed by atoms with E-state index in [9.17, 15) is 9.59 Å². The van der Waals surface area contributed by atoms with Gasteiger partial charge in [0.1, 0.15) is 0 Å². The molecule has 4 heteroatoms. The zero-order chi connectivity index (χ0) is 16.7. The maximum Gasteiger partial charge on any atom is 0.266 e. The van der Waals surface area contributed by atoms with Crippen molar-refractivity contribution in [1.29, 1.82) is 0 Å². The fourth-order valence-corrected chi connectivity index (χ4v) is 3.17. The summed E-state index contributed by atoms with van der Waals surface area (Å²) in [7, 11) is 0. The molecule has 0 spiro atoms. The molecule has 0 N–H and O–H groups in total. The highest BCUT2D eigenvalue weighted by Crippen LogP contribution is 2.32. The third-order valence-corrected chi connectivity index (χ3v) is 4.30. The molecule has 4 nitrogen and oxygen atoms in total. The summed E-state index contributed by atoms with van der Waals surface area (Å²) in [6.07, 6.45) is 1.61. The van der Waals surface area contributed by atoms with Crippen LogP contribution in [0.15, 0.2) is 54.6 Å². The predicted molar refractivity (Wildman–Crippen MR) is 93.3 cm³/mol. The lowest BCUT2D eigenvalue weighted by Crippen LogP contribution is -2.30. The van der Waals surface area contributed by atoms with Gasteiger partial charge in [0.2, 0.25) is 0 Å². The second kappa shape index (κ2) is 5.57. The van der Waals surface area contributed by atoms with Gasteiger partial charge >= 0.3 is 0 Å². The Morgan fingerprint density at radius 2 is 1.54 bits per heavy atom. The van der Waals surface area contributed by atoms with Crippen molar-refractivity contribution in [3.63, 3.8) is 0 Å². The van der Waals surface area contributed by atoms with Crippen LogP contribution in [0.25, 0.3) is 10.9 Å². The number of benzene rings is 2. The highest BCUT2D eigenvalue weighted by molar-refractivity contribution is 6.34. The number of amides is 2. The first kappa shape index (κ1) is 14.6. The maximum atomic E-state index is 12.8. The molecule has 0 fully saturated rings. The number of aromatic nitrogens is 1. The Kier molecular flexibility index (Phi) is 3.38. The number of nitrogens with zero attached hydrogens (tertiary/aromatic N) is 2. The molecule has 0 atom stereocenters. The van der Waals surface area contributed by atoms with Crippen molar-refractivity contribution in [1.82, 2.24) is 4.98 Å². The smallest absolute Gasteiger partial charge is 0.266 e. The normalized spacial score (nSPS) is 13.6. The number of carbonyl (C=O) groups is 2. The van der Waals surface area contributed by atoms with Crippen molar-refractivity contribution >= 4 is 28.4 Å². The minimum Gasteiger partial charge on any atom is -0.268 e. The third kappa shape index (κ3) is 2.11. The standard InChI is InChI=1S/C20H16N2O2/c1-2-7-17-18(12-13-8-3-6-11-16(13)21-17)22-19(23)14-9-4-5-10-15(14)20(22)24/h3-6,8-12H,2,7H2,1H3. The lowest BCUT2D eigenvalue weighted by molar-refractivity contribution is 0.0925. The average molecular weight is 316 g/mol. The van der Waals surface area contributed by atoms with Gasteiger partial charge in [0.15, 0.2) is 0 Å². The molecule has 0 radical (unpaired) electrons. The Hall–Kier alpha value is -3.01. The topological polar surface area (TPSA) is 50.3 Å². The molecular formula is C20H16N2O2. The average Bonchev–Trinajstić information content (AvgIpc) is 2.86. The van der Waals surface area contributed by atoms with Crippen molar-refractivity contribution in [3.05, 3.63) is 71.4 Å². The second-order valence-corrected chi connectivity index (χ2v) is 5.89. The molecule has 0 saturated heterocycles. The molecule has 0 bridgehead atoms. The van der Waals surface area contributed by atoms with Gasteiger partial charge in [-0.15, -0.1) is 0 Å². The SMILES string of the molecule is CCCc1nc2ccccc2cc1N1C(=O)c2ccccc2C1=O. The number of rotatable bonds is 3. The van der Waals surface area contributed by atoms with Crippen LogP contribution >= 0.6 is 0 Å². The van der Waals surface area contributed by atoms with Gasteiger partial charge in [0.25, 0.3) is 11.8 Å². The highest BCUT2D eigenvalue weighted by atomic mass is 16.2. The maximum absolute atomic E-state index is 12.8. The van der Waals surface area contributed by atoms with Crippen molar-refractivity contribution in [2.24, 2.45) is 0 Å². The van der Waals surface area contributed by atoms with E-state index in [1.165, 1.54) is 4.90 Å². The Labute approximate surface area is 139 Å². The molecule has 1 aliphatic heterocycles. The van der Waals surface area contributed by atoms with Gasteiger partial charge in [-0.2, -0.15) is 0 Å².